The van der Waals surface area contributed by atoms with E-state index in [2.05, 4.69) is 21.3 Å². The molecule has 10 heteroatoms. The van der Waals surface area contributed by atoms with Gasteiger partial charge in [-0.15, -0.1) is 0 Å². The van der Waals surface area contributed by atoms with Crippen molar-refractivity contribution in [2.24, 2.45) is 23.7 Å². The number of carbonyl (C=O) groups is 5. The Hall–Kier alpha value is -3.43. The number of amides is 5. The van der Waals surface area contributed by atoms with Crippen molar-refractivity contribution in [3.8, 4) is 0 Å². The van der Waals surface area contributed by atoms with Gasteiger partial charge < -0.3 is 26.2 Å². The molecule has 0 radical (unpaired) electrons. The number of likely N-dealkylation sites (N-methyl/N-ethyl adjacent to an activating group) is 1. The number of benzene rings is 1. The number of nitrogens with one attached hydrogen (secondary N) is 4. The van der Waals surface area contributed by atoms with E-state index in [0.29, 0.717) is 12.8 Å². The first-order valence-corrected chi connectivity index (χ1v) is 15.1. The van der Waals surface area contributed by atoms with Crippen molar-refractivity contribution in [2.45, 2.75) is 105 Å². The number of rotatable bonds is 8. The van der Waals surface area contributed by atoms with Gasteiger partial charge >= 0.3 is 0 Å². The van der Waals surface area contributed by atoms with Gasteiger partial charge in [0.1, 0.15) is 30.2 Å². The minimum atomic E-state index is -0.998. The molecule has 0 spiro atoms. The average Bonchev–Trinajstić information content (AvgIpc) is 2.89. The molecule has 1 saturated heterocycles. The number of hydrogen-bond donors (Lipinski definition) is 4. The lowest BCUT2D eigenvalue weighted by molar-refractivity contribution is -0.144. The number of hydrogen-bond acceptors (Lipinski definition) is 5. The molecule has 0 aliphatic carbocycles. The van der Waals surface area contributed by atoms with Crippen LogP contribution >= 0.6 is 0 Å². The Kier molecular flexibility index (Phi) is 13.0. The Morgan fingerprint density at radius 3 is 1.64 bits per heavy atom. The van der Waals surface area contributed by atoms with Gasteiger partial charge in [0.05, 0.1) is 0 Å². The Morgan fingerprint density at radius 2 is 1.12 bits per heavy atom. The first-order chi connectivity index (χ1) is 19.6. The molecule has 2 rings (SSSR count). The quantitative estimate of drug-likeness (QED) is 0.372. The van der Waals surface area contributed by atoms with E-state index in [1.165, 1.54) is 4.90 Å². The van der Waals surface area contributed by atoms with Gasteiger partial charge in [-0.2, -0.15) is 0 Å². The van der Waals surface area contributed by atoms with Crippen LogP contribution in [0.1, 0.15) is 73.8 Å². The minimum Gasteiger partial charge on any atom is -0.342 e. The van der Waals surface area contributed by atoms with Crippen LogP contribution < -0.4 is 21.3 Å². The van der Waals surface area contributed by atoms with Crippen LogP contribution in [-0.2, 0) is 30.4 Å². The lowest BCUT2D eigenvalue weighted by atomic mass is 9.96. The van der Waals surface area contributed by atoms with E-state index in [9.17, 15) is 24.0 Å². The van der Waals surface area contributed by atoms with E-state index in [1.807, 2.05) is 85.7 Å². The second-order valence-electron chi connectivity index (χ2n) is 13.0. The maximum atomic E-state index is 13.8. The topological polar surface area (TPSA) is 137 Å². The molecule has 0 bridgehead atoms. The summed E-state index contributed by atoms with van der Waals surface area (Å²) in [6.07, 6.45) is 0.885. The zero-order valence-corrected chi connectivity index (χ0v) is 26.7. The first kappa shape index (κ1) is 34.8. The number of carbonyl (C=O) groups excluding carboxylic acids is 5. The smallest absolute Gasteiger partial charge is 0.245 e. The summed E-state index contributed by atoms with van der Waals surface area (Å²) < 4.78 is 0. The van der Waals surface area contributed by atoms with Crippen molar-refractivity contribution >= 4 is 29.5 Å². The summed E-state index contributed by atoms with van der Waals surface area (Å²) in [5.74, 6) is -2.82. The molecule has 0 unspecified atom stereocenters. The van der Waals surface area contributed by atoms with Crippen LogP contribution in [0.3, 0.4) is 0 Å². The van der Waals surface area contributed by atoms with Gasteiger partial charge in [-0.25, -0.2) is 0 Å². The molecule has 0 aromatic heterocycles. The lowest BCUT2D eigenvalue weighted by Crippen LogP contribution is -2.59. The second kappa shape index (κ2) is 15.7. The van der Waals surface area contributed by atoms with E-state index in [0.717, 1.165) is 5.56 Å². The Bertz CT molecular complexity index is 1090. The average molecular weight is 586 g/mol. The Labute approximate surface area is 251 Å². The molecule has 4 N–H and O–H groups in total. The van der Waals surface area contributed by atoms with Crippen molar-refractivity contribution in [1.82, 2.24) is 26.2 Å². The zero-order chi connectivity index (χ0) is 31.7. The summed E-state index contributed by atoms with van der Waals surface area (Å²) in [6.45, 7) is 15.1. The van der Waals surface area contributed by atoms with Crippen LogP contribution in [0.25, 0.3) is 0 Å². The van der Waals surface area contributed by atoms with Gasteiger partial charge in [-0.05, 0) is 42.1 Å². The Balaban J connectivity index is 2.63. The molecular formula is C32H51N5O5. The van der Waals surface area contributed by atoms with Crippen molar-refractivity contribution in [2.75, 3.05) is 7.05 Å². The summed E-state index contributed by atoms with van der Waals surface area (Å²) in [5.41, 5.74) is 0.829. The van der Waals surface area contributed by atoms with Gasteiger partial charge in [0.2, 0.25) is 29.5 Å². The van der Waals surface area contributed by atoms with Crippen molar-refractivity contribution < 1.29 is 24.0 Å². The standard InChI is InChI=1S/C32H51N5O5/c1-18(2)15-23-28(38)33-24(17-22-13-11-10-12-14-22)29(39)36-26(20(5)6)30(40)35-25(16-19(3)4)32(42)37(9)27(21(7)8)31(41)34-23/h10-14,18-21,23-27H,15-17H2,1-9H3,(H,33,38)(H,34,41)(H,35,40)(H,36,39)/t23-,24-,25-,26-,27-/m0/s1. The van der Waals surface area contributed by atoms with E-state index < -0.39 is 59.7 Å². The molecule has 42 heavy (non-hydrogen) atoms. The third-order valence-corrected chi connectivity index (χ3v) is 7.49. The molecular weight excluding hydrogens is 534 g/mol. The molecule has 1 heterocycles. The molecule has 1 aliphatic heterocycles. The van der Waals surface area contributed by atoms with E-state index >= 15 is 0 Å². The summed E-state index contributed by atoms with van der Waals surface area (Å²) in [6, 6.07) is 4.64. The van der Waals surface area contributed by atoms with Crippen LogP contribution in [0.5, 0.6) is 0 Å². The largest absolute Gasteiger partial charge is 0.342 e. The molecule has 5 atom stereocenters. The van der Waals surface area contributed by atoms with E-state index in [4.69, 9.17) is 0 Å². The normalized spacial score (nSPS) is 25.2. The van der Waals surface area contributed by atoms with Crippen molar-refractivity contribution in [3.63, 3.8) is 0 Å². The molecule has 234 valence electrons. The second-order valence-corrected chi connectivity index (χ2v) is 13.0. The lowest BCUT2D eigenvalue weighted by Gasteiger charge is -2.35. The van der Waals surface area contributed by atoms with Crippen LogP contribution in [0.2, 0.25) is 0 Å². The van der Waals surface area contributed by atoms with Crippen LogP contribution in [0.4, 0.5) is 0 Å². The fourth-order valence-corrected chi connectivity index (χ4v) is 5.34. The monoisotopic (exact) mass is 585 g/mol. The van der Waals surface area contributed by atoms with Crippen LogP contribution in [0.15, 0.2) is 30.3 Å². The van der Waals surface area contributed by atoms with Gasteiger partial charge in [-0.1, -0.05) is 85.7 Å². The van der Waals surface area contributed by atoms with Crippen molar-refractivity contribution in [1.29, 1.82) is 0 Å². The molecule has 1 aliphatic rings. The highest BCUT2D eigenvalue weighted by molar-refractivity contribution is 5.98. The summed E-state index contributed by atoms with van der Waals surface area (Å²) in [7, 11) is 1.55. The van der Waals surface area contributed by atoms with Crippen LogP contribution in [-0.4, -0.2) is 71.7 Å². The maximum Gasteiger partial charge on any atom is 0.245 e. The molecule has 5 amide bonds. The predicted octanol–water partition coefficient (Wildman–Crippen LogP) is 2.41. The summed E-state index contributed by atoms with van der Waals surface area (Å²) in [5, 5.41) is 11.4. The molecule has 1 fully saturated rings. The van der Waals surface area contributed by atoms with Gasteiger partial charge in [-0.3, -0.25) is 24.0 Å². The fraction of sp³-hybridized carbons (Fsp3) is 0.656. The Morgan fingerprint density at radius 1 is 0.619 bits per heavy atom. The minimum absolute atomic E-state index is 0.0592. The highest BCUT2D eigenvalue weighted by atomic mass is 16.2. The third kappa shape index (κ3) is 9.84. The van der Waals surface area contributed by atoms with Gasteiger partial charge in [0, 0.05) is 13.5 Å². The SMILES string of the molecule is CC(C)C[C@@H]1NC(=O)[C@H](C(C)C)N(C)C(=O)[C@H](CC(C)C)NC(=O)[C@H](C(C)C)NC(=O)[C@H](Cc2ccccc2)NC1=O. The fourth-order valence-electron chi connectivity index (χ4n) is 5.34. The van der Waals surface area contributed by atoms with E-state index in [1.54, 1.807) is 7.05 Å². The molecule has 1 aromatic rings. The highest BCUT2D eigenvalue weighted by Gasteiger charge is 2.38. The number of nitrogens with zero attached hydrogens (tertiary/aromatic N) is 1. The third-order valence-electron chi connectivity index (χ3n) is 7.49. The van der Waals surface area contributed by atoms with Crippen LogP contribution in [0, 0.1) is 23.7 Å². The highest BCUT2D eigenvalue weighted by Crippen LogP contribution is 2.17. The van der Waals surface area contributed by atoms with Gasteiger partial charge in [0.25, 0.3) is 0 Å². The predicted molar refractivity (Wildman–Crippen MR) is 163 cm³/mol. The van der Waals surface area contributed by atoms with Gasteiger partial charge in [0.15, 0.2) is 0 Å². The maximum absolute atomic E-state index is 13.8. The molecule has 10 nitrogen and oxygen atoms in total. The molecule has 1 aromatic carbocycles. The first-order valence-electron chi connectivity index (χ1n) is 15.1. The molecule has 0 saturated carbocycles. The van der Waals surface area contributed by atoms with E-state index in [-0.39, 0.29) is 30.1 Å². The van der Waals surface area contributed by atoms with Crippen molar-refractivity contribution in [3.05, 3.63) is 35.9 Å². The zero-order valence-electron chi connectivity index (χ0n) is 26.7. The summed E-state index contributed by atoms with van der Waals surface area (Å²) >= 11 is 0. The summed E-state index contributed by atoms with van der Waals surface area (Å²) in [4.78, 5) is 69.9.